The lowest BCUT2D eigenvalue weighted by molar-refractivity contribution is 0.524. The first kappa shape index (κ1) is 13.4. The van der Waals surface area contributed by atoms with Crippen LogP contribution in [-0.2, 0) is 6.42 Å². The summed E-state index contributed by atoms with van der Waals surface area (Å²) in [6.07, 6.45) is 1.94. The van der Waals surface area contributed by atoms with Gasteiger partial charge in [-0.1, -0.05) is 6.92 Å². The van der Waals surface area contributed by atoms with Crippen molar-refractivity contribution in [3.05, 3.63) is 29.1 Å². The Hall–Kier alpha value is -1.02. The highest BCUT2D eigenvalue weighted by Gasteiger charge is 2.15. The Morgan fingerprint density at radius 1 is 1.28 bits per heavy atom. The van der Waals surface area contributed by atoms with Crippen molar-refractivity contribution >= 4 is 22.6 Å². The molecule has 1 unspecified atom stereocenters. The fourth-order valence-electron chi connectivity index (χ4n) is 2.34. The van der Waals surface area contributed by atoms with Gasteiger partial charge in [0.25, 0.3) is 0 Å². The van der Waals surface area contributed by atoms with E-state index < -0.39 is 0 Å². The largest absolute Gasteiger partial charge is 0.325 e. The van der Waals surface area contributed by atoms with Gasteiger partial charge >= 0.3 is 0 Å². The summed E-state index contributed by atoms with van der Waals surface area (Å²) in [6.45, 7) is 8.75. The first-order chi connectivity index (χ1) is 8.58. The zero-order valence-electron chi connectivity index (χ0n) is 11.6. The van der Waals surface area contributed by atoms with Crippen LogP contribution in [0.4, 0.5) is 0 Å². The number of aryl methyl sites for hydroxylation is 3. The second kappa shape index (κ2) is 5.31. The molecule has 3 heteroatoms. The first-order valence-electron chi connectivity index (χ1n) is 6.62. The van der Waals surface area contributed by atoms with Gasteiger partial charge in [0.1, 0.15) is 5.82 Å². The smallest absolute Gasteiger partial charge is 0.111 e. The maximum Gasteiger partial charge on any atom is 0.111 e. The molecule has 1 atom stereocenters. The number of halogens is 1. The van der Waals surface area contributed by atoms with E-state index in [1.165, 1.54) is 16.6 Å². The molecule has 98 valence electrons. The number of nitrogens with zero attached hydrogens (tertiary/aromatic N) is 2. The van der Waals surface area contributed by atoms with E-state index in [1.807, 2.05) is 0 Å². The van der Waals surface area contributed by atoms with E-state index in [-0.39, 0.29) is 0 Å². The van der Waals surface area contributed by atoms with Crippen LogP contribution in [-0.4, -0.2) is 15.4 Å². The minimum atomic E-state index is 0.468. The Labute approximate surface area is 114 Å². The number of hydrogen-bond acceptors (Lipinski definition) is 1. The zero-order valence-corrected chi connectivity index (χ0v) is 12.4. The highest BCUT2D eigenvalue weighted by Crippen LogP contribution is 2.26. The molecule has 0 spiro atoms. The molecule has 2 nitrogen and oxygen atoms in total. The molecule has 1 aromatic heterocycles. The predicted molar refractivity (Wildman–Crippen MR) is 78.6 cm³/mol. The van der Waals surface area contributed by atoms with Crippen LogP contribution in [0.5, 0.6) is 0 Å². The average Bonchev–Trinajstić information content (AvgIpc) is 2.67. The topological polar surface area (TPSA) is 17.8 Å². The molecule has 2 aromatic rings. The molecular weight excluding hydrogens is 244 g/mol. The van der Waals surface area contributed by atoms with Crippen molar-refractivity contribution in [1.82, 2.24) is 9.55 Å². The first-order valence-corrected chi connectivity index (χ1v) is 7.16. The average molecular weight is 265 g/mol. The van der Waals surface area contributed by atoms with Gasteiger partial charge in [-0.3, -0.25) is 0 Å². The molecule has 0 saturated carbocycles. The minimum absolute atomic E-state index is 0.468. The standard InChI is InChI=1S/C15H21ClN2/c1-5-12(4)18-14-9-11(3)10(2)8-13(14)17-15(18)6-7-16/h8-9,12H,5-7H2,1-4H3. The van der Waals surface area contributed by atoms with Crippen molar-refractivity contribution < 1.29 is 0 Å². The number of rotatable bonds is 4. The van der Waals surface area contributed by atoms with E-state index in [0.29, 0.717) is 11.9 Å². The minimum Gasteiger partial charge on any atom is -0.325 e. The maximum atomic E-state index is 5.89. The van der Waals surface area contributed by atoms with Gasteiger partial charge in [-0.2, -0.15) is 0 Å². The molecule has 0 radical (unpaired) electrons. The summed E-state index contributed by atoms with van der Waals surface area (Å²) in [4.78, 5) is 4.75. The molecule has 0 aliphatic rings. The molecule has 2 rings (SSSR count). The van der Waals surface area contributed by atoms with E-state index in [2.05, 4.69) is 44.4 Å². The fourth-order valence-corrected chi connectivity index (χ4v) is 2.50. The van der Waals surface area contributed by atoms with Crippen LogP contribution < -0.4 is 0 Å². The molecule has 0 fully saturated rings. The van der Waals surface area contributed by atoms with E-state index in [4.69, 9.17) is 16.6 Å². The summed E-state index contributed by atoms with van der Waals surface area (Å²) in [5.41, 5.74) is 4.96. The number of benzene rings is 1. The van der Waals surface area contributed by atoms with Crippen molar-refractivity contribution in [3.63, 3.8) is 0 Å². The third kappa shape index (κ3) is 2.26. The summed E-state index contributed by atoms with van der Waals surface area (Å²) in [6, 6.07) is 4.90. The number of aromatic nitrogens is 2. The summed E-state index contributed by atoms with van der Waals surface area (Å²) in [5, 5.41) is 0. The lowest BCUT2D eigenvalue weighted by atomic mass is 10.1. The molecule has 18 heavy (non-hydrogen) atoms. The molecule has 0 bridgehead atoms. The Balaban J connectivity index is 2.68. The predicted octanol–water partition coefficient (Wildman–Crippen LogP) is 4.41. The highest BCUT2D eigenvalue weighted by atomic mass is 35.5. The van der Waals surface area contributed by atoms with Crippen molar-refractivity contribution in [3.8, 4) is 0 Å². The van der Waals surface area contributed by atoms with Crippen molar-refractivity contribution in [2.75, 3.05) is 5.88 Å². The molecule has 0 aliphatic heterocycles. The van der Waals surface area contributed by atoms with Gasteiger partial charge in [0.05, 0.1) is 11.0 Å². The maximum absolute atomic E-state index is 5.89. The monoisotopic (exact) mass is 264 g/mol. The summed E-state index contributed by atoms with van der Waals surface area (Å²) in [7, 11) is 0. The lowest BCUT2D eigenvalue weighted by Gasteiger charge is -2.15. The molecule has 0 saturated heterocycles. The van der Waals surface area contributed by atoms with Crippen LogP contribution in [0.1, 0.15) is 43.3 Å². The van der Waals surface area contributed by atoms with E-state index >= 15 is 0 Å². The summed E-state index contributed by atoms with van der Waals surface area (Å²) in [5.74, 6) is 1.73. The van der Waals surface area contributed by atoms with Crippen molar-refractivity contribution in [2.45, 2.75) is 46.6 Å². The van der Waals surface area contributed by atoms with Crippen LogP contribution in [0.25, 0.3) is 11.0 Å². The van der Waals surface area contributed by atoms with E-state index in [9.17, 15) is 0 Å². The van der Waals surface area contributed by atoms with Gasteiger partial charge in [-0.25, -0.2) is 4.98 Å². The molecule has 1 aromatic carbocycles. The van der Waals surface area contributed by atoms with Crippen LogP contribution >= 0.6 is 11.6 Å². The van der Waals surface area contributed by atoms with Gasteiger partial charge in [-0.05, 0) is 50.5 Å². The number of alkyl halides is 1. The SMILES string of the molecule is CCC(C)n1c(CCCl)nc2cc(C)c(C)cc21. The van der Waals surface area contributed by atoms with Gasteiger partial charge in [-0.15, -0.1) is 11.6 Å². The normalized spacial score (nSPS) is 13.2. The van der Waals surface area contributed by atoms with Gasteiger partial charge in [0.15, 0.2) is 0 Å². The third-order valence-corrected chi connectivity index (χ3v) is 3.92. The third-order valence-electron chi connectivity index (χ3n) is 3.73. The summed E-state index contributed by atoms with van der Waals surface area (Å²) < 4.78 is 2.35. The molecular formula is C15H21ClN2. The lowest BCUT2D eigenvalue weighted by Crippen LogP contribution is -2.09. The molecule has 0 amide bonds. The van der Waals surface area contributed by atoms with Crippen LogP contribution in [0, 0.1) is 13.8 Å². The Bertz CT molecular complexity index is 557. The van der Waals surface area contributed by atoms with Gasteiger partial charge in [0, 0.05) is 18.3 Å². The fraction of sp³-hybridized carbons (Fsp3) is 0.533. The highest BCUT2D eigenvalue weighted by molar-refractivity contribution is 6.17. The molecule has 0 aliphatic carbocycles. The van der Waals surface area contributed by atoms with E-state index in [1.54, 1.807) is 0 Å². The zero-order chi connectivity index (χ0) is 13.3. The quantitative estimate of drug-likeness (QED) is 0.748. The van der Waals surface area contributed by atoms with Gasteiger partial charge in [0.2, 0.25) is 0 Å². The Morgan fingerprint density at radius 2 is 1.94 bits per heavy atom. The van der Waals surface area contributed by atoms with Crippen LogP contribution in [0.2, 0.25) is 0 Å². The Morgan fingerprint density at radius 3 is 2.56 bits per heavy atom. The van der Waals surface area contributed by atoms with E-state index in [0.717, 1.165) is 24.2 Å². The van der Waals surface area contributed by atoms with Crippen molar-refractivity contribution in [1.29, 1.82) is 0 Å². The molecule has 1 heterocycles. The number of fused-ring (bicyclic) bond motifs is 1. The van der Waals surface area contributed by atoms with Crippen LogP contribution in [0.15, 0.2) is 12.1 Å². The second-order valence-electron chi connectivity index (χ2n) is 5.02. The summed E-state index contributed by atoms with van der Waals surface area (Å²) >= 11 is 5.89. The van der Waals surface area contributed by atoms with Gasteiger partial charge < -0.3 is 4.57 Å². The van der Waals surface area contributed by atoms with Crippen LogP contribution in [0.3, 0.4) is 0 Å². The second-order valence-corrected chi connectivity index (χ2v) is 5.40. The van der Waals surface area contributed by atoms with Crippen molar-refractivity contribution in [2.24, 2.45) is 0 Å². The number of imidazole rings is 1. The molecule has 0 N–H and O–H groups in total. The Kier molecular flexibility index (Phi) is 3.96. The number of hydrogen-bond donors (Lipinski definition) is 0.